The highest BCUT2D eigenvalue weighted by atomic mass is 15.1. The fourth-order valence-corrected chi connectivity index (χ4v) is 4.02. The van der Waals surface area contributed by atoms with Crippen LogP contribution in [0.3, 0.4) is 0 Å². The third-order valence-corrected chi connectivity index (χ3v) is 5.42. The number of nitrogens with two attached hydrogens (primary N) is 3. The molecule has 0 saturated heterocycles. The Morgan fingerprint density at radius 2 is 1.71 bits per heavy atom. The van der Waals surface area contributed by atoms with E-state index in [4.69, 9.17) is 17.2 Å². The van der Waals surface area contributed by atoms with E-state index in [-0.39, 0.29) is 5.82 Å². The van der Waals surface area contributed by atoms with Crippen molar-refractivity contribution in [2.24, 2.45) is 17.2 Å². The van der Waals surface area contributed by atoms with Gasteiger partial charge < -0.3 is 22.1 Å². The fraction of sp³-hybridized carbons (Fsp3) is 0.167. The van der Waals surface area contributed by atoms with Crippen LogP contribution in [-0.4, -0.2) is 18.5 Å². The largest absolute Gasteiger partial charge is 0.398 e. The van der Waals surface area contributed by atoms with Crippen molar-refractivity contribution in [3.05, 3.63) is 101 Å². The van der Waals surface area contributed by atoms with Crippen LogP contribution in [0.1, 0.15) is 28.2 Å². The molecular weight excluding hydrogens is 344 g/mol. The summed E-state index contributed by atoms with van der Waals surface area (Å²) in [7, 11) is 2.17. The molecule has 1 atom stereocenters. The number of hydrogen-bond acceptors (Lipinski definition) is 4. The maximum Gasteiger partial charge on any atom is 0.0934 e. The van der Waals surface area contributed by atoms with E-state index in [9.17, 15) is 0 Å². The van der Waals surface area contributed by atoms with Gasteiger partial charge in [0.15, 0.2) is 0 Å². The molecule has 0 amide bonds. The van der Waals surface area contributed by atoms with Crippen LogP contribution in [0.25, 0.3) is 16.5 Å². The number of nitrogens with zero attached hydrogens (tertiary/aromatic N) is 1. The Morgan fingerprint density at radius 3 is 2.50 bits per heavy atom. The Labute approximate surface area is 165 Å². The van der Waals surface area contributed by atoms with Crippen molar-refractivity contribution in [1.82, 2.24) is 4.90 Å². The molecule has 0 saturated carbocycles. The number of fused-ring (bicyclic) bond motifs is 2. The number of rotatable bonds is 3. The van der Waals surface area contributed by atoms with Crippen LogP contribution >= 0.6 is 0 Å². The van der Waals surface area contributed by atoms with Gasteiger partial charge in [-0.25, -0.2) is 0 Å². The minimum absolute atomic E-state index is 0.247. The number of hydrogen-bond donors (Lipinski definition) is 3. The molecule has 4 rings (SSSR count). The zero-order chi connectivity index (χ0) is 19.7. The van der Waals surface area contributed by atoms with E-state index in [1.54, 1.807) is 12.2 Å². The molecular formula is C24H26N4. The zero-order valence-electron chi connectivity index (χ0n) is 16.1. The molecule has 1 aliphatic heterocycles. The Kier molecular flexibility index (Phi) is 4.80. The van der Waals surface area contributed by atoms with Crippen molar-refractivity contribution in [2.45, 2.75) is 12.5 Å². The molecule has 6 N–H and O–H groups in total. The first-order valence-electron chi connectivity index (χ1n) is 9.50. The lowest BCUT2D eigenvalue weighted by Gasteiger charge is -2.33. The van der Waals surface area contributed by atoms with E-state index in [2.05, 4.69) is 72.6 Å². The predicted molar refractivity (Wildman–Crippen MR) is 117 cm³/mol. The van der Waals surface area contributed by atoms with Crippen molar-refractivity contribution in [3.63, 3.8) is 0 Å². The Bertz CT molecular complexity index is 1080. The highest BCUT2D eigenvalue weighted by Gasteiger charge is 2.25. The molecule has 0 aromatic heterocycles. The van der Waals surface area contributed by atoms with Gasteiger partial charge in [-0.3, -0.25) is 0 Å². The fourth-order valence-electron chi connectivity index (χ4n) is 4.02. The van der Waals surface area contributed by atoms with Gasteiger partial charge in [-0.15, -0.1) is 0 Å². The van der Waals surface area contributed by atoms with Crippen molar-refractivity contribution < 1.29 is 0 Å². The summed E-state index contributed by atoms with van der Waals surface area (Å²) in [4.78, 5) is 2.36. The molecule has 0 radical (unpaired) electrons. The lowest BCUT2D eigenvalue weighted by Crippen LogP contribution is -2.31. The minimum atomic E-state index is 0.247. The molecule has 28 heavy (non-hydrogen) atoms. The van der Waals surface area contributed by atoms with Crippen LogP contribution in [0.4, 0.5) is 0 Å². The first-order chi connectivity index (χ1) is 13.5. The normalized spacial score (nSPS) is 17.3. The second-order valence-corrected chi connectivity index (χ2v) is 7.56. The van der Waals surface area contributed by atoms with Crippen LogP contribution in [0.2, 0.25) is 0 Å². The minimum Gasteiger partial charge on any atom is -0.398 e. The monoisotopic (exact) mass is 370 g/mol. The van der Waals surface area contributed by atoms with E-state index in [0.29, 0.717) is 11.6 Å². The molecule has 1 aliphatic rings. The topological polar surface area (TPSA) is 81.3 Å². The molecule has 0 fully saturated rings. The van der Waals surface area contributed by atoms with Crippen molar-refractivity contribution in [2.75, 3.05) is 13.6 Å². The van der Waals surface area contributed by atoms with Gasteiger partial charge in [0.1, 0.15) is 0 Å². The van der Waals surface area contributed by atoms with E-state index >= 15 is 0 Å². The zero-order valence-corrected chi connectivity index (χ0v) is 16.1. The van der Waals surface area contributed by atoms with Gasteiger partial charge in [0.05, 0.1) is 5.82 Å². The smallest absolute Gasteiger partial charge is 0.0934 e. The maximum atomic E-state index is 6.21. The van der Waals surface area contributed by atoms with E-state index < -0.39 is 0 Å². The quantitative estimate of drug-likeness (QED) is 0.617. The molecule has 3 aromatic carbocycles. The van der Waals surface area contributed by atoms with Gasteiger partial charge in [0, 0.05) is 24.7 Å². The third kappa shape index (κ3) is 3.59. The Hall–Kier alpha value is -3.24. The number of allylic oxidation sites excluding steroid dienone is 2. The van der Waals surface area contributed by atoms with Crippen LogP contribution < -0.4 is 17.2 Å². The summed E-state index contributed by atoms with van der Waals surface area (Å²) in [6.07, 6.45) is 3.38. The Balaban J connectivity index is 1.74. The van der Waals surface area contributed by atoms with Gasteiger partial charge in [0.2, 0.25) is 0 Å². The summed E-state index contributed by atoms with van der Waals surface area (Å²) in [5.41, 5.74) is 22.9. The molecule has 0 aliphatic carbocycles. The Morgan fingerprint density at radius 1 is 0.929 bits per heavy atom. The van der Waals surface area contributed by atoms with E-state index in [1.165, 1.54) is 27.5 Å². The highest BCUT2D eigenvalue weighted by Crippen LogP contribution is 2.35. The van der Waals surface area contributed by atoms with Gasteiger partial charge >= 0.3 is 0 Å². The maximum absolute atomic E-state index is 6.21. The second kappa shape index (κ2) is 7.41. The van der Waals surface area contributed by atoms with E-state index in [1.807, 2.05) is 0 Å². The highest BCUT2D eigenvalue weighted by molar-refractivity contribution is 5.83. The summed E-state index contributed by atoms with van der Waals surface area (Å²) in [5.74, 6) is 0.592. The summed E-state index contributed by atoms with van der Waals surface area (Å²) >= 11 is 0. The van der Waals surface area contributed by atoms with Gasteiger partial charge in [-0.05, 0) is 58.3 Å². The first-order valence-corrected chi connectivity index (χ1v) is 9.50. The molecule has 4 nitrogen and oxygen atoms in total. The summed E-state index contributed by atoms with van der Waals surface area (Å²) < 4.78 is 0. The van der Waals surface area contributed by atoms with Crippen LogP contribution in [0.15, 0.2) is 78.6 Å². The average molecular weight is 371 g/mol. The van der Waals surface area contributed by atoms with Crippen LogP contribution in [-0.2, 0) is 6.54 Å². The molecule has 1 heterocycles. The van der Waals surface area contributed by atoms with Gasteiger partial charge in [-0.2, -0.15) is 0 Å². The lowest BCUT2D eigenvalue weighted by molar-refractivity contribution is 0.295. The number of likely N-dealkylation sites (N-methyl/N-ethyl adjacent to an activating group) is 1. The summed E-state index contributed by atoms with van der Waals surface area (Å²) in [6, 6.07) is 21.8. The van der Waals surface area contributed by atoms with Crippen molar-refractivity contribution >= 4 is 16.5 Å². The van der Waals surface area contributed by atoms with E-state index in [0.717, 1.165) is 18.7 Å². The molecule has 0 spiro atoms. The third-order valence-electron chi connectivity index (χ3n) is 5.42. The molecule has 142 valence electrons. The van der Waals surface area contributed by atoms with Crippen LogP contribution in [0.5, 0.6) is 0 Å². The average Bonchev–Trinajstić information content (AvgIpc) is 2.70. The molecule has 1 unspecified atom stereocenters. The van der Waals surface area contributed by atoms with Crippen molar-refractivity contribution in [1.29, 1.82) is 0 Å². The SMILES string of the molecule is CN1Cc2cc(/C(N)=C/C=C(N)N)ccc2C(c2ccc3ccccc3c2)C1. The predicted octanol–water partition coefficient (Wildman–Crippen LogP) is 3.48. The second-order valence-electron chi connectivity index (χ2n) is 7.56. The molecule has 0 bridgehead atoms. The molecule has 4 heteroatoms. The lowest BCUT2D eigenvalue weighted by atomic mass is 9.83. The summed E-state index contributed by atoms with van der Waals surface area (Å²) in [5, 5.41) is 2.56. The van der Waals surface area contributed by atoms with Gasteiger partial charge in [0.25, 0.3) is 0 Å². The molecule has 3 aromatic rings. The van der Waals surface area contributed by atoms with Crippen LogP contribution in [0, 0.1) is 0 Å². The summed E-state index contributed by atoms with van der Waals surface area (Å²) in [6.45, 7) is 1.91. The first kappa shape index (κ1) is 18.1. The number of benzene rings is 3. The van der Waals surface area contributed by atoms with Gasteiger partial charge in [-0.1, -0.05) is 54.6 Å². The van der Waals surface area contributed by atoms with Crippen molar-refractivity contribution in [3.8, 4) is 0 Å². The standard InChI is InChI=1S/C24H26N4/c1-28-14-20-13-19(23(25)10-11-24(26)27)8-9-21(20)22(15-28)18-7-6-16-4-2-3-5-17(16)12-18/h2-13,22H,14-15,25-27H2,1H3/b23-10-.